The fourth-order valence-electron chi connectivity index (χ4n) is 3.12. The van der Waals surface area contributed by atoms with Gasteiger partial charge in [0.1, 0.15) is 11.4 Å². The predicted octanol–water partition coefficient (Wildman–Crippen LogP) is 4.01. The molecule has 31 heavy (non-hydrogen) atoms. The third-order valence-electron chi connectivity index (χ3n) is 4.64. The lowest BCUT2D eigenvalue weighted by molar-refractivity contribution is -0.136. The number of carbonyl (C=O) groups is 1. The summed E-state index contributed by atoms with van der Waals surface area (Å²) in [6.07, 6.45) is -4.63. The number of nitrogens with two attached hydrogens (primary N) is 1. The Morgan fingerprint density at radius 3 is 2.42 bits per heavy atom. The van der Waals surface area contributed by atoms with Gasteiger partial charge in [-0.3, -0.25) is 15.1 Å². The van der Waals surface area contributed by atoms with Gasteiger partial charge >= 0.3 is 6.18 Å². The average molecular weight is 433 g/mol. The van der Waals surface area contributed by atoms with Crippen molar-refractivity contribution >= 4 is 22.8 Å². The van der Waals surface area contributed by atoms with Gasteiger partial charge in [-0.2, -0.15) is 13.2 Å². The highest BCUT2D eigenvalue weighted by Gasteiger charge is 2.34. The fraction of sp³-hybridized carbons (Fsp3) is 0.238. The summed E-state index contributed by atoms with van der Waals surface area (Å²) in [7, 11) is 5.04. The molecule has 0 aliphatic heterocycles. The zero-order valence-corrected chi connectivity index (χ0v) is 17.2. The van der Waals surface area contributed by atoms with Crippen LogP contribution in [0.3, 0.4) is 0 Å². The molecule has 2 aromatic carbocycles. The number of ether oxygens (including phenoxy) is 1. The first-order valence-corrected chi connectivity index (χ1v) is 9.24. The van der Waals surface area contributed by atoms with E-state index >= 15 is 0 Å². The first-order valence-electron chi connectivity index (χ1n) is 9.24. The summed E-state index contributed by atoms with van der Waals surface area (Å²) in [4.78, 5) is 18.0. The van der Waals surface area contributed by atoms with Gasteiger partial charge < -0.3 is 20.4 Å². The molecule has 1 aromatic heterocycles. The minimum Gasteiger partial charge on any atom is -0.455 e. The second-order valence-electron chi connectivity index (χ2n) is 7.28. The zero-order chi connectivity index (χ0) is 22.9. The van der Waals surface area contributed by atoms with Crippen LogP contribution < -0.4 is 10.5 Å². The molecular formula is C21H22F3N5O2. The van der Waals surface area contributed by atoms with Crippen molar-refractivity contribution in [2.75, 3.05) is 21.1 Å². The summed E-state index contributed by atoms with van der Waals surface area (Å²) < 4.78 is 46.7. The lowest BCUT2D eigenvalue weighted by Crippen LogP contribution is -2.38. The van der Waals surface area contributed by atoms with E-state index in [0.717, 1.165) is 22.6 Å². The minimum absolute atomic E-state index is 0.0229. The number of fused-ring (bicyclic) bond motifs is 1. The van der Waals surface area contributed by atoms with Crippen LogP contribution in [0, 0.1) is 5.41 Å². The Kier molecular flexibility index (Phi) is 5.94. The lowest BCUT2D eigenvalue weighted by Gasteiger charge is -2.16. The molecule has 3 aromatic rings. The largest absolute Gasteiger partial charge is 0.455 e. The highest BCUT2D eigenvalue weighted by Crippen LogP contribution is 2.40. The molecule has 1 amide bonds. The van der Waals surface area contributed by atoms with E-state index < -0.39 is 23.6 Å². The van der Waals surface area contributed by atoms with Crippen LogP contribution in [0.1, 0.15) is 21.6 Å². The Morgan fingerprint density at radius 1 is 1.13 bits per heavy atom. The molecule has 0 fully saturated rings. The summed E-state index contributed by atoms with van der Waals surface area (Å²) >= 11 is 0. The number of alkyl halides is 3. The van der Waals surface area contributed by atoms with Gasteiger partial charge in [-0.05, 0) is 38.4 Å². The van der Waals surface area contributed by atoms with Crippen molar-refractivity contribution in [3.63, 3.8) is 0 Å². The SMILES string of the molecule is CN(C)Cc1ccccc1Oc1ccc(C(F)(F)F)c2cc(C(=O)N(C)C(=N)N)[nH]c12. The van der Waals surface area contributed by atoms with Crippen LogP contribution in [0.25, 0.3) is 10.9 Å². The van der Waals surface area contributed by atoms with E-state index in [1.165, 1.54) is 13.1 Å². The molecule has 0 aliphatic rings. The topological polar surface area (TPSA) is 98.4 Å². The maximum atomic E-state index is 13.6. The van der Waals surface area contributed by atoms with Gasteiger partial charge in [0.2, 0.25) is 0 Å². The number of H-pyrrole nitrogens is 1. The van der Waals surface area contributed by atoms with E-state index in [4.69, 9.17) is 15.9 Å². The van der Waals surface area contributed by atoms with Crippen LogP contribution in [0.4, 0.5) is 13.2 Å². The third-order valence-corrected chi connectivity index (χ3v) is 4.64. The number of guanidine groups is 1. The summed E-state index contributed by atoms with van der Waals surface area (Å²) in [6, 6.07) is 10.4. The number of nitrogens with one attached hydrogen (secondary N) is 2. The lowest BCUT2D eigenvalue weighted by atomic mass is 10.1. The van der Waals surface area contributed by atoms with E-state index in [1.807, 2.05) is 31.1 Å². The quantitative estimate of drug-likeness (QED) is 0.418. The molecule has 7 nitrogen and oxygen atoms in total. The fourth-order valence-corrected chi connectivity index (χ4v) is 3.12. The maximum Gasteiger partial charge on any atom is 0.417 e. The van der Waals surface area contributed by atoms with Crippen molar-refractivity contribution in [1.82, 2.24) is 14.8 Å². The highest BCUT2D eigenvalue weighted by molar-refractivity contribution is 6.06. The maximum absolute atomic E-state index is 13.6. The van der Waals surface area contributed by atoms with Crippen LogP contribution in [0.15, 0.2) is 42.5 Å². The monoisotopic (exact) mass is 433 g/mol. The number of para-hydroxylation sites is 1. The predicted molar refractivity (Wildman–Crippen MR) is 111 cm³/mol. The molecule has 10 heteroatoms. The molecule has 0 bridgehead atoms. The summed E-state index contributed by atoms with van der Waals surface area (Å²) in [5.41, 5.74) is 5.14. The van der Waals surface area contributed by atoms with Crippen molar-refractivity contribution in [3.8, 4) is 11.5 Å². The van der Waals surface area contributed by atoms with Gasteiger partial charge in [-0.1, -0.05) is 18.2 Å². The van der Waals surface area contributed by atoms with Crippen LogP contribution in [-0.2, 0) is 12.7 Å². The van der Waals surface area contributed by atoms with Crippen molar-refractivity contribution in [1.29, 1.82) is 5.41 Å². The number of rotatable bonds is 5. The summed E-state index contributed by atoms with van der Waals surface area (Å²) in [5.74, 6) is -0.649. The highest BCUT2D eigenvalue weighted by atomic mass is 19.4. The van der Waals surface area contributed by atoms with Gasteiger partial charge in [0.05, 0.1) is 11.1 Å². The molecule has 0 radical (unpaired) electrons. The van der Waals surface area contributed by atoms with Crippen molar-refractivity contribution in [2.24, 2.45) is 5.73 Å². The minimum atomic E-state index is -4.63. The molecule has 0 atom stereocenters. The van der Waals surface area contributed by atoms with Gasteiger partial charge in [0, 0.05) is 24.5 Å². The standard InChI is InChI=1S/C21H22F3N5O2/c1-28(2)11-12-6-4-5-7-16(12)31-17-9-8-14(21(22,23)24)13-10-15(27-18(13)17)19(30)29(3)20(25)26/h4-10,27H,11H2,1-3H3,(H3,25,26). The molecule has 1 heterocycles. The Bertz CT molecular complexity index is 1140. The molecule has 4 N–H and O–H groups in total. The second kappa shape index (κ2) is 8.31. The number of nitrogens with zero attached hydrogens (tertiary/aromatic N) is 2. The van der Waals surface area contributed by atoms with Gasteiger partial charge in [-0.25, -0.2) is 0 Å². The second-order valence-corrected chi connectivity index (χ2v) is 7.28. The van der Waals surface area contributed by atoms with E-state index in [9.17, 15) is 18.0 Å². The molecule has 0 saturated carbocycles. The Morgan fingerprint density at radius 2 is 1.81 bits per heavy atom. The van der Waals surface area contributed by atoms with Gasteiger partial charge in [0.25, 0.3) is 5.91 Å². The van der Waals surface area contributed by atoms with E-state index in [-0.39, 0.29) is 22.3 Å². The Labute approximate surface area is 176 Å². The number of aromatic nitrogens is 1. The van der Waals surface area contributed by atoms with E-state index in [2.05, 4.69) is 4.98 Å². The first kappa shape index (κ1) is 22.2. The zero-order valence-electron chi connectivity index (χ0n) is 17.2. The summed E-state index contributed by atoms with van der Waals surface area (Å²) in [6.45, 7) is 0.567. The van der Waals surface area contributed by atoms with Gasteiger partial charge in [0.15, 0.2) is 11.7 Å². The molecule has 3 rings (SSSR count). The summed E-state index contributed by atoms with van der Waals surface area (Å²) in [5, 5.41) is 7.17. The van der Waals surface area contributed by atoms with E-state index in [1.54, 1.807) is 12.1 Å². The van der Waals surface area contributed by atoms with Crippen LogP contribution in [0.2, 0.25) is 0 Å². The number of hydrogen-bond acceptors (Lipinski definition) is 4. The average Bonchev–Trinajstić information content (AvgIpc) is 3.12. The molecule has 0 unspecified atom stereocenters. The molecule has 0 saturated heterocycles. The van der Waals surface area contributed by atoms with Gasteiger partial charge in [-0.15, -0.1) is 0 Å². The molecular weight excluding hydrogens is 411 g/mol. The van der Waals surface area contributed by atoms with E-state index in [0.29, 0.717) is 12.3 Å². The number of carbonyl (C=O) groups excluding carboxylic acids is 1. The molecule has 0 aliphatic carbocycles. The smallest absolute Gasteiger partial charge is 0.417 e. The number of hydrogen-bond donors (Lipinski definition) is 3. The number of halogens is 3. The van der Waals surface area contributed by atoms with Crippen molar-refractivity contribution < 1.29 is 22.7 Å². The number of aromatic amines is 1. The van der Waals surface area contributed by atoms with Crippen LogP contribution in [-0.4, -0.2) is 47.8 Å². The van der Waals surface area contributed by atoms with Crippen molar-refractivity contribution in [2.45, 2.75) is 12.7 Å². The third kappa shape index (κ3) is 4.64. The number of benzene rings is 2. The first-order chi connectivity index (χ1) is 14.5. The van der Waals surface area contributed by atoms with Crippen molar-refractivity contribution in [3.05, 3.63) is 59.3 Å². The Hall–Kier alpha value is -3.53. The number of amides is 1. The molecule has 0 spiro atoms. The molecule has 164 valence electrons. The normalized spacial score (nSPS) is 11.7. The van der Waals surface area contributed by atoms with Crippen LogP contribution in [0.5, 0.6) is 11.5 Å². The van der Waals surface area contributed by atoms with Crippen LogP contribution >= 0.6 is 0 Å². The Balaban J connectivity index is 2.13.